The molecule has 4 heteroatoms. The van der Waals surface area contributed by atoms with E-state index in [0.29, 0.717) is 0 Å². The van der Waals surface area contributed by atoms with Crippen molar-refractivity contribution in [1.82, 2.24) is 4.57 Å². The van der Waals surface area contributed by atoms with Crippen molar-refractivity contribution in [3.05, 3.63) is 107 Å². The number of carbonyl (C=O) groups is 1. The topological polar surface area (TPSA) is 31.2 Å². The van der Waals surface area contributed by atoms with Crippen molar-refractivity contribution >= 4 is 23.0 Å². The average molecular weight is 466 g/mol. The van der Waals surface area contributed by atoms with Crippen LogP contribution in [-0.4, -0.2) is 18.0 Å². The summed E-state index contributed by atoms with van der Waals surface area (Å²) < 4.78 is 7.73. The number of ether oxygens (including phenoxy) is 1. The van der Waals surface area contributed by atoms with Gasteiger partial charge in [0.1, 0.15) is 12.0 Å². The van der Waals surface area contributed by atoms with Crippen LogP contribution in [0, 0.1) is 13.8 Å². The van der Waals surface area contributed by atoms with E-state index >= 15 is 0 Å². The number of aryl methyl sites for hydroxylation is 2. The molecule has 0 spiro atoms. The number of aromatic nitrogens is 1. The van der Waals surface area contributed by atoms with Gasteiger partial charge < -0.3 is 9.30 Å². The molecule has 0 saturated heterocycles. The summed E-state index contributed by atoms with van der Waals surface area (Å²) in [7, 11) is 1.68. The summed E-state index contributed by atoms with van der Waals surface area (Å²) in [5.74, 6) is 0.834. The molecule has 3 nitrogen and oxygen atoms in total. The van der Waals surface area contributed by atoms with Gasteiger partial charge in [-0.25, -0.2) is 0 Å². The molecule has 1 aliphatic rings. The predicted molar refractivity (Wildman–Crippen MR) is 141 cm³/mol. The van der Waals surface area contributed by atoms with E-state index in [1.807, 2.05) is 18.2 Å². The summed E-state index contributed by atoms with van der Waals surface area (Å²) >= 11 is 1.71. The molecule has 0 fully saturated rings. The van der Waals surface area contributed by atoms with Gasteiger partial charge in [0.2, 0.25) is 0 Å². The second-order valence-electron chi connectivity index (χ2n) is 8.63. The number of methoxy groups -OCH3 is 1. The van der Waals surface area contributed by atoms with E-state index in [9.17, 15) is 4.79 Å². The Kier molecular flexibility index (Phi) is 6.16. The van der Waals surface area contributed by atoms with Crippen LogP contribution in [0.15, 0.2) is 89.3 Å². The molecular formula is C30H27NO2S. The third-order valence-corrected chi connectivity index (χ3v) is 7.71. The van der Waals surface area contributed by atoms with Crippen LogP contribution in [0.25, 0.3) is 21.8 Å². The van der Waals surface area contributed by atoms with Crippen LogP contribution in [0.3, 0.4) is 0 Å². The number of hydrogen-bond donors (Lipinski definition) is 0. The lowest BCUT2D eigenvalue weighted by Gasteiger charge is -2.21. The number of benzene rings is 3. The van der Waals surface area contributed by atoms with Gasteiger partial charge in [0.25, 0.3) is 0 Å². The minimum absolute atomic E-state index is 0.734. The Bertz CT molecular complexity index is 1380. The Morgan fingerprint density at radius 2 is 1.68 bits per heavy atom. The van der Waals surface area contributed by atoms with E-state index in [-0.39, 0.29) is 0 Å². The normalized spacial score (nSPS) is 13.0. The van der Waals surface area contributed by atoms with Gasteiger partial charge in [-0.3, -0.25) is 4.79 Å². The summed E-state index contributed by atoms with van der Waals surface area (Å²) in [6, 6.07) is 27.4. The number of carbonyl (C=O) groups excluding carboxylic acids is 1. The first-order valence-corrected chi connectivity index (χ1v) is 12.3. The van der Waals surface area contributed by atoms with Gasteiger partial charge in [0.15, 0.2) is 0 Å². The maximum atomic E-state index is 12.1. The molecule has 34 heavy (non-hydrogen) atoms. The molecule has 1 heterocycles. The first kappa shape index (κ1) is 22.3. The second kappa shape index (κ2) is 9.40. The molecule has 1 aliphatic carbocycles. The first-order chi connectivity index (χ1) is 16.6. The fraction of sp³-hybridized carbons (Fsp3) is 0.167. The number of nitrogens with zero attached hydrogens (tertiary/aromatic N) is 1. The maximum Gasteiger partial charge on any atom is 0.147 e. The van der Waals surface area contributed by atoms with Crippen LogP contribution in [-0.2, 0) is 11.2 Å². The van der Waals surface area contributed by atoms with Gasteiger partial charge in [-0.1, -0.05) is 54.2 Å². The van der Waals surface area contributed by atoms with Crippen molar-refractivity contribution in [2.24, 2.45) is 0 Å². The second-order valence-corrected chi connectivity index (χ2v) is 9.68. The van der Waals surface area contributed by atoms with Gasteiger partial charge in [-0.05, 0) is 79.8 Å². The lowest BCUT2D eigenvalue weighted by molar-refractivity contribution is -0.105. The quantitative estimate of drug-likeness (QED) is 0.278. The standard InChI is InChI=1S/C30H27NO2S/c1-20-9-10-21(2)29(17-20)34-30-23(19-32)11-16-27-26(30)18-28(22-7-5-4-6-8-22)31(27)24-12-14-25(33-3)15-13-24/h4-10,12-15,17-19H,11,16H2,1-3H3. The fourth-order valence-corrected chi connectivity index (χ4v) is 5.80. The number of aldehydes is 1. The van der Waals surface area contributed by atoms with Crippen LogP contribution < -0.4 is 4.74 Å². The van der Waals surface area contributed by atoms with Crippen molar-refractivity contribution in [1.29, 1.82) is 0 Å². The molecule has 0 amide bonds. The van der Waals surface area contributed by atoms with E-state index in [0.717, 1.165) is 57.9 Å². The van der Waals surface area contributed by atoms with E-state index in [1.165, 1.54) is 21.7 Å². The fourth-order valence-electron chi connectivity index (χ4n) is 4.54. The van der Waals surface area contributed by atoms with Gasteiger partial charge in [0, 0.05) is 32.3 Å². The Hall–Kier alpha value is -3.50. The number of rotatable bonds is 6. The largest absolute Gasteiger partial charge is 0.497 e. The monoisotopic (exact) mass is 465 g/mol. The van der Waals surface area contributed by atoms with Crippen LogP contribution in [0.5, 0.6) is 5.75 Å². The minimum Gasteiger partial charge on any atom is -0.497 e. The molecule has 0 N–H and O–H groups in total. The summed E-state index contributed by atoms with van der Waals surface area (Å²) in [4.78, 5) is 14.4. The van der Waals surface area contributed by atoms with Crippen LogP contribution >= 0.6 is 11.8 Å². The molecule has 0 saturated carbocycles. The Balaban J connectivity index is 1.71. The summed E-state index contributed by atoms with van der Waals surface area (Å²) in [6.45, 7) is 4.24. The van der Waals surface area contributed by atoms with E-state index in [1.54, 1.807) is 18.9 Å². The Morgan fingerprint density at radius 1 is 0.912 bits per heavy atom. The molecule has 170 valence electrons. The summed E-state index contributed by atoms with van der Waals surface area (Å²) in [5, 5.41) is 0. The average Bonchev–Trinajstić information content (AvgIpc) is 3.27. The molecule has 3 aromatic carbocycles. The van der Waals surface area contributed by atoms with Crippen LogP contribution in [0.1, 0.15) is 28.8 Å². The summed E-state index contributed by atoms with van der Waals surface area (Å²) in [5.41, 5.74) is 9.07. The van der Waals surface area contributed by atoms with E-state index in [2.05, 4.69) is 79.1 Å². The van der Waals surface area contributed by atoms with Crippen molar-refractivity contribution in [3.8, 4) is 22.7 Å². The van der Waals surface area contributed by atoms with Crippen molar-refractivity contribution in [2.45, 2.75) is 31.6 Å². The smallest absolute Gasteiger partial charge is 0.147 e. The molecule has 0 bridgehead atoms. The van der Waals surface area contributed by atoms with Crippen molar-refractivity contribution in [2.75, 3.05) is 7.11 Å². The lowest BCUT2D eigenvalue weighted by atomic mass is 9.98. The molecule has 0 aliphatic heterocycles. The highest BCUT2D eigenvalue weighted by Crippen LogP contribution is 2.46. The number of fused-ring (bicyclic) bond motifs is 1. The number of allylic oxidation sites excluding steroid dienone is 1. The zero-order valence-corrected chi connectivity index (χ0v) is 20.5. The highest BCUT2D eigenvalue weighted by atomic mass is 32.2. The highest BCUT2D eigenvalue weighted by Gasteiger charge is 2.27. The zero-order chi connectivity index (χ0) is 23.7. The van der Waals surface area contributed by atoms with Gasteiger partial charge >= 0.3 is 0 Å². The molecule has 0 atom stereocenters. The molecule has 4 aromatic rings. The molecular weight excluding hydrogens is 438 g/mol. The highest BCUT2D eigenvalue weighted by molar-refractivity contribution is 8.08. The van der Waals surface area contributed by atoms with Crippen LogP contribution in [0.2, 0.25) is 0 Å². The molecule has 0 unspecified atom stereocenters. The zero-order valence-electron chi connectivity index (χ0n) is 19.7. The number of thioether (sulfide) groups is 1. The SMILES string of the molecule is COc1ccc(-n2c(-c3ccccc3)cc3c2CCC(C=O)=C3Sc2cc(C)ccc2C)cc1. The van der Waals surface area contributed by atoms with Gasteiger partial charge in [-0.2, -0.15) is 0 Å². The molecule has 5 rings (SSSR count). The third kappa shape index (κ3) is 4.10. The maximum absolute atomic E-state index is 12.1. The molecule has 1 aromatic heterocycles. The summed E-state index contributed by atoms with van der Waals surface area (Å²) in [6.07, 6.45) is 2.60. The third-order valence-electron chi connectivity index (χ3n) is 6.37. The lowest BCUT2D eigenvalue weighted by Crippen LogP contribution is -2.09. The van der Waals surface area contributed by atoms with Gasteiger partial charge in [0.05, 0.1) is 12.8 Å². The molecule has 0 radical (unpaired) electrons. The predicted octanol–water partition coefficient (Wildman–Crippen LogP) is 7.42. The van der Waals surface area contributed by atoms with Crippen LogP contribution in [0.4, 0.5) is 0 Å². The minimum atomic E-state index is 0.734. The van der Waals surface area contributed by atoms with E-state index < -0.39 is 0 Å². The number of hydrogen-bond acceptors (Lipinski definition) is 3. The van der Waals surface area contributed by atoms with Gasteiger partial charge in [-0.15, -0.1) is 0 Å². The Morgan fingerprint density at radius 3 is 2.38 bits per heavy atom. The van der Waals surface area contributed by atoms with E-state index in [4.69, 9.17) is 4.74 Å². The Labute approximate surface area is 205 Å². The van der Waals surface area contributed by atoms with Crippen molar-refractivity contribution in [3.63, 3.8) is 0 Å². The first-order valence-electron chi connectivity index (χ1n) is 11.5. The van der Waals surface area contributed by atoms with Crippen molar-refractivity contribution < 1.29 is 9.53 Å².